The molecule has 0 N–H and O–H groups in total. The Kier molecular flexibility index (Phi) is 4.09. The third-order valence-electron chi connectivity index (χ3n) is 4.30. The number of aromatic nitrogens is 4. The third kappa shape index (κ3) is 3.33. The number of hydrogen-bond donors (Lipinski definition) is 0. The van der Waals surface area contributed by atoms with E-state index in [1.165, 1.54) is 12.8 Å². The molecule has 1 aliphatic carbocycles. The Labute approximate surface area is 145 Å². The molecule has 0 aromatic carbocycles. The fraction of sp³-hybridized carbons (Fsp3) is 0.316. The molecule has 0 aliphatic heterocycles. The second-order valence-corrected chi connectivity index (χ2v) is 6.25. The van der Waals surface area contributed by atoms with Crippen molar-refractivity contribution in [1.82, 2.24) is 19.2 Å². The molecule has 3 heterocycles. The largest absolute Gasteiger partial charge is 0.462 e. The van der Waals surface area contributed by atoms with Crippen LogP contribution in [0.2, 0.25) is 0 Å². The van der Waals surface area contributed by atoms with Crippen molar-refractivity contribution in [3.63, 3.8) is 0 Å². The zero-order valence-corrected chi connectivity index (χ0v) is 14.1. The number of esters is 1. The fourth-order valence-electron chi connectivity index (χ4n) is 2.82. The highest BCUT2D eigenvalue weighted by atomic mass is 16.5. The zero-order chi connectivity index (χ0) is 17.2. The van der Waals surface area contributed by atoms with Crippen LogP contribution in [0.25, 0.3) is 17.3 Å². The van der Waals surface area contributed by atoms with Crippen LogP contribution in [0, 0.1) is 5.92 Å². The van der Waals surface area contributed by atoms with E-state index in [9.17, 15) is 4.79 Å². The molecular weight excluding hydrogens is 316 g/mol. The number of nitrogens with zero attached hydrogens (tertiary/aromatic N) is 4. The van der Waals surface area contributed by atoms with E-state index in [0.717, 1.165) is 17.9 Å². The molecule has 128 valence electrons. The van der Waals surface area contributed by atoms with Crippen LogP contribution in [0.4, 0.5) is 0 Å². The maximum atomic E-state index is 12.5. The Morgan fingerprint density at radius 3 is 3.00 bits per heavy atom. The number of carbonyl (C=O) groups excluding carboxylic acids is 1. The van der Waals surface area contributed by atoms with Gasteiger partial charge in [-0.2, -0.15) is 5.10 Å². The number of rotatable bonds is 6. The van der Waals surface area contributed by atoms with Gasteiger partial charge in [-0.3, -0.25) is 4.68 Å². The minimum Gasteiger partial charge on any atom is -0.462 e. The molecule has 3 aromatic heterocycles. The van der Waals surface area contributed by atoms with Gasteiger partial charge in [-0.1, -0.05) is 6.07 Å². The lowest BCUT2D eigenvalue weighted by atomic mass is 10.1. The molecular formula is C19H20N4O2. The van der Waals surface area contributed by atoms with E-state index in [-0.39, 0.29) is 5.97 Å². The van der Waals surface area contributed by atoms with E-state index < -0.39 is 0 Å². The summed E-state index contributed by atoms with van der Waals surface area (Å²) < 4.78 is 9.09. The first-order chi connectivity index (χ1) is 12.2. The van der Waals surface area contributed by atoms with E-state index in [1.807, 2.05) is 51.8 Å². The van der Waals surface area contributed by atoms with E-state index in [0.29, 0.717) is 23.8 Å². The van der Waals surface area contributed by atoms with Gasteiger partial charge in [0.15, 0.2) is 0 Å². The van der Waals surface area contributed by atoms with Gasteiger partial charge < -0.3 is 9.14 Å². The monoisotopic (exact) mass is 336 g/mol. The summed E-state index contributed by atoms with van der Waals surface area (Å²) in [5.41, 5.74) is 2.73. The molecule has 1 fully saturated rings. The van der Waals surface area contributed by atoms with Crippen LogP contribution in [0.3, 0.4) is 0 Å². The van der Waals surface area contributed by atoms with Crippen LogP contribution in [-0.4, -0.2) is 31.7 Å². The molecule has 0 amide bonds. The molecule has 25 heavy (non-hydrogen) atoms. The minimum absolute atomic E-state index is 0.324. The fourth-order valence-corrected chi connectivity index (χ4v) is 2.82. The van der Waals surface area contributed by atoms with E-state index >= 15 is 0 Å². The maximum absolute atomic E-state index is 12.5. The van der Waals surface area contributed by atoms with E-state index in [1.54, 1.807) is 13.1 Å². The van der Waals surface area contributed by atoms with Gasteiger partial charge in [0.2, 0.25) is 0 Å². The van der Waals surface area contributed by atoms with Crippen molar-refractivity contribution in [1.29, 1.82) is 0 Å². The molecule has 4 rings (SSSR count). The molecule has 3 aromatic rings. The van der Waals surface area contributed by atoms with Crippen molar-refractivity contribution in [3.8, 4) is 0 Å². The summed E-state index contributed by atoms with van der Waals surface area (Å²) >= 11 is 0. The highest BCUT2D eigenvalue weighted by Crippen LogP contribution is 2.31. The standard InChI is InChI=1S/C19H20N4O2/c1-2-25-19(24)16(17-13-22-10-4-3-5-18(22)21-17)11-15-8-9-20-23(15)12-14-6-7-14/h3-5,8-11,13-14H,2,6-7,12H2,1H3. The normalized spacial score (nSPS) is 14.8. The second kappa shape index (κ2) is 6.55. The van der Waals surface area contributed by atoms with Crippen LogP contribution < -0.4 is 0 Å². The van der Waals surface area contributed by atoms with Crippen molar-refractivity contribution in [2.45, 2.75) is 26.3 Å². The van der Waals surface area contributed by atoms with Gasteiger partial charge in [0.25, 0.3) is 0 Å². The quantitative estimate of drug-likeness (QED) is 0.513. The molecule has 0 spiro atoms. The van der Waals surface area contributed by atoms with Crippen molar-refractivity contribution in [2.24, 2.45) is 5.92 Å². The number of imidazole rings is 1. The van der Waals surface area contributed by atoms with Crippen LogP contribution in [0.5, 0.6) is 0 Å². The van der Waals surface area contributed by atoms with Crippen molar-refractivity contribution >= 4 is 23.3 Å². The summed E-state index contributed by atoms with van der Waals surface area (Å²) in [6.45, 7) is 3.02. The summed E-state index contributed by atoms with van der Waals surface area (Å²) in [7, 11) is 0. The Morgan fingerprint density at radius 1 is 1.36 bits per heavy atom. The second-order valence-electron chi connectivity index (χ2n) is 6.25. The summed E-state index contributed by atoms with van der Waals surface area (Å²) in [6.07, 6.45) is 9.85. The predicted molar refractivity (Wildman–Crippen MR) is 94.6 cm³/mol. The average molecular weight is 336 g/mol. The first-order valence-corrected chi connectivity index (χ1v) is 8.59. The van der Waals surface area contributed by atoms with Crippen LogP contribution in [0.15, 0.2) is 42.9 Å². The van der Waals surface area contributed by atoms with Crippen molar-refractivity contribution < 1.29 is 9.53 Å². The topological polar surface area (TPSA) is 61.4 Å². The first kappa shape index (κ1) is 15.6. The molecule has 0 atom stereocenters. The summed E-state index contributed by atoms with van der Waals surface area (Å²) in [5, 5.41) is 4.39. The zero-order valence-electron chi connectivity index (χ0n) is 14.1. The maximum Gasteiger partial charge on any atom is 0.340 e. The summed E-state index contributed by atoms with van der Waals surface area (Å²) in [5.74, 6) is 0.332. The molecule has 1 aliphatic rings. The van der Waals surface area contributed by atoms with Gasteiger partial charge in [-0.25, -0.2) is 9.78 Å². The lowest BCUT2D eigenvalue weighted by Gasteiger charge is -2.07. The van der Waals surface area contributed by atoms with Gasteiger partial charge in [0.05, 0.1) is 23.6 Å². The van der Waals surface area contributed by atoms with Crippen molar-refractivity contribution in [2.75, 3.05) is 6.61 Å². The average Bonchev–Trinajstić information content (AvgIpc) is 3.15. The SMILES string of the molecule is CCOC(=O)C(=Cc1ccnn1CC1CC1)c1cn2ccccc2n1. The Morgan fingerprint density at radius 2 is 2.24 bits per heavy atom. The number of carbonyl (C=O) groups is 1. The minimum atomic E-state index is -0.370. The highest BCUT2D eigenvalue weighted by molar-refractivity contribution is 6.21. The van der Waals surface area contributed by atoms with Crippen LogP contribution in [0.1, 0.15) is 31.2 Å². The summed E-state index contributed by atoms with van der Waals surface area (Å²) in [4.78, 5) is 17.1. The molecule has 0 radical (unpaired) electrons. The highest BCUT2D eigenvalue weighted by Gasteiger charge is 2.23. The van der Waals surface area contributed by atoms with Crippen molar-refractivity contribution in [3.05, 3.63) is 54.2 Å². The van der Waals surface area contributed by atoms with Crippen LogP contribution in [-0.2, 0) is 16.1 Å². The summed E-state index contributed by atoms with van der Waals surface area (Å²) in [6, 6.07) is 7.67. The molecule has 6 heteroatoms. The van der Waals surface area contributed by atoms with E-state index in [2.05, 4.69) is 10.1 Å². The number of pyridine rings is 1. The Balaban J connectivity index is 1.75. The number of hydrogen-bond acceptors (Lipinski definition) is 4. The van der Waals surface area contributed by atoms with Gasteiger partial charge in [-0.15, -0.1) is 0 Å². The van der Waals surface area contributed by atoms with E-state index in [4.69, 9.17) is 4.74 Å². The molecule has 6 nitrogen and oxygen atoms in total. The lowest BCUT2D eigenvalue weighted by Crippen LogP contribution is -2.09. The Hall–Kier alpha value is -2.89. The molecule has 1 saturated carbocycles. The first-order valence-electron chi connectivity index (χ1n) is 8.59. The number of ether oxygens (including phenoxy) is 1. The van der Waals surface area contributed by atoms with Gasteiger partial charge in [0.1, 0.15) is 5.65 Å². The molecule has 0 unspecified atom stereocenters. The molecule has 0 bridgehead atoms. The smallest absolute Gasteiger partial charge is 0.340 e. The van der Waals surface area contributed by atoms with Gasteiger partial charge >= 0.3 is 5.97 Å². The molecule has 0 saturated heterocycles. The predicted octanol–water partition coefficient (Wildman–Crippen LogP) is 3.04. The van der Waals surface area contributed by atoms with Crippen LogP contribution >= 0.6 is 0 Å². The number of fused-ring (bicyclic) bond motifs is 1. The Bertz CT molecular complexity index is 901. The lowest BCUT2D eigenvalue weighted by molar-refractivity contribution is -0.136. The third-order valence-corrected chi connectivity index (χ3v) is 4.30. The van der Waals surface area contributed by atoms with Gasteiger partial charge in [-0.05, 0) is 50.0 Å². The van der Waals surface area contributed by atoms with Gasteiger partial charge in [0, 0.05) is 25.1 Å².